The third-order valence-electron chi connectivity index (χ3n) is 2.94. The third-order valence-corrected chi connectivity index (χ3v) is 2.94. The molecule has 0 atom stereocenters. The molecule has 1 aromatic heterocycles. The summed E-state index contributed by atoms with van der Waals surface area (Å²) in [7, 11) is 0. The molecule has 1 N–H and O–H groups in total. The number of rotatable bonds is 2. The maximum atomic E-state index is 4.68. The number of hydrogen-bond acceptors (Lipinski definition) is 2. The van der Waals surface area contributed by atoms with Gasteiger partial charge in [-0.1, -0.05) is 36.4 Å². The zero-order valence-electron chi connectivity index (χ0n) is 10.2. The first-order chi connectivity index (χ1) is 8.40. The van der Waals surface area contributed by atoms with Crippen molar-refractivity contribution >= 4 is 39.9 Å². The smallest absolute Gasteiger partial charge is 0.0730 e. The van der Waals surface area contributed by atoms with Gasteiger partial charge in [-0.3, -0.25) is 0 Å². The fourth-order valence-electron chi connectivity index (χ4n) is 2.21. The normalized spacial score (nSPS) is 10.3. The summed E-state index contributed by atoms with van der Waals surface area (Å²) in [5.74, 6) is 0. The highest BCUT2D eigenvalue weighted by atomic mass is 35.5. The van der Waals surface area contributed by atoms with Crippen LogP contribution in [-0.4, -0.2) is 11.5 Å². The van der Waals surface area contributed by atoms with Crippen molar-refractivity contribution in [1.82, 2.24) is 4.98 Å². The summed E-state index contributed by atoms with van der Waals surface area (Å²) in [5, 5.41) is 5.83. The molecule has 0 saturated carbocycles. The van der Waals surface area contributed by atoms with Crippen LogP contribution in [0.25, 0.3) is 21.8 Å². The molecule has 0 aliphatic heterocycles. The van der Waals surface area contributed by atoms with E-state index in [1.807, 2.05) is 12.1 Å². The van der Waals surface area contributed by atoms with Gasteiger partial charge < -0.3 is 5.32 Å². The van der Waals surface area contributed by atoms with Gasteiger partial charge in [-0.15, -0.1) is 12.4 Å². The van der Waals surface area contributed by atoms with Crippen LogP contribution in [0.15, 0.2) is 48.5 Å². The number of hydrogen-bond donors (Lipinski definition) is 1. The largest absolute Gasteiger partial charge is 0.384 e. The quantitative estimate of drug-likeness (QED) is 0.696. The molecule has 0 radical (unpaired) electrons. The highest BCUT2D eigenvalue weighted by Crippen LogP contribution is 2.30. The lowest BCUT2D eigenvalue weighted by Gasteiger charge is -2.11. The molecule has 0 bridgehead atoms. The molecule has 3 heteroatoms. The van der Waals surface area contributed by atoms with Crippen LogP contribution < -0.4 is 5.32 Å². The molecule has 18 heavy (non-hydrogen) atoms. The van der Waals surface area contributed by atoms with E-state index >= 15 is 0 Å². The Balaban J connectivity index is 0.00000120. The molecule has 3 aromatic rings. The summed E-state index contributed by atoms with van der Waals surface area (Å²) >= 11 is 0. The van der Waals surface area contributed by atoms with Crippen molar-refractivity contribution in [3.8, 4) is 0 Å². The zero-order chi connectivity index (χ0) is 11.7. The topological polar surface area (TPSA) is 24.9 Å². The number of anilines is 1. The molecule has 0 aliphatic rings. The molecule has 1 heterocycles. The minimum absolute atomic E-state index is 0. The van der Waals surface area contributed by atoms with E-state index in [4.69, 9.17) is 0 Å². The van der Waals surface area contributed by atoms with E-state index in [0.717, 1.165) is 17.6 Å². The van der Waals surface area contributed by atoms with E-state index in [1.54, 1.807) is 0 Å². The predicted octanol–water partition coefficient (Wildman–Crippen LogP) is 4.24. The molecular weight excluding hydrogens is 244 g/mol. The van der Waals surface area contributed by atoms with Crippen LogP contribution in [0, 0.1) is 0 Å². The first kappa shape index (κ1) is 12.7. The molecule has 0 unspecified atom stereocenters. The standard InChI is InChI=1S/C15H14N2.ClH/c1-2-16-15-11-7-3-5-9-13(11)17-14-10-6-4-8-12(14)15;/h3-10H,2H2,1H3,(H,16,17);1H. The van der Waals surface area contributed by atoms with Crippen molar-refractivity contribution in [3.05, 3.63) is 48.5 Å². The summed E-state index contributed by atoms with van der Waals surface area (Å²) in [6.07, 6.45) is 0. The second-order valence-corrected chi connectivity index (χ2v) is 4.05. The van der Waals surface area contributed by atoms with Crippen LogP contribution in [0.5, 0.6) is 0 Å². The number of fused-ring (bicyclic) bond motifs is 2. The van der Waals surface area contributed by atoms with Crippen molar-refractivity contribution in [2.24, 2.45) is 0 Å². The summed E-state index contributed by atoms with van der Waals surface area (Å²) in [6, 6.07) is 16.5. The lowest BCUT2D eigenvalue weighted by Crippen LogP contribution is -1.99. The van der Waals surface area contributed by atoms with Crippen LogP contribution in [0.3, 0.4) is 0 Å². The van der Waals surface area contributed by atoms with Gasteiger partial charge >= 0.3 is 0 Å². The number of benzene rings is 2. The third kappa shape index (κ3) is 2.00. The Morgan fingerprint density at radius 1 is 0.889 bits per heavy atom. The number of nitrogens with one attached hydrogen (secondary N) is 1. The molecule has 0 fully saturated rings. The first-order valence-corrected chi connectivity index (χ1v) is 5.91. The Morgan fingerprint density at radius 2 is 1.39 bits per heavy atom. The Kier molecular flexibility index (Phi) is 3.68. The van der Waals surface area contributed by atoms with E-state index in [0.29, 0.717) is 0 Å². The molecule has 0 aliphatic carbocycles. The second kappa shape index (κ2) is 5.23. The van der Waals surface area contributed by atoms with E-state index in [1.165, 1.54) is 16.5 Å². The average Bonchev–Trinajstić information content (AvgIpc) is 2.39. The van der Waals surface area contributed by atoms with Crippen LogP contribution in [0.4, 0.5) is 5.69 Å². The number of nitrogens with zero attached hydrogens (tertiary/aromatic N) is 1. The predicted molar refractivity (Wildman–Crippen MR) is 80.7 cm³/mol. The van der Waals surface area contributed by atoms with Gasteiger partial charge in [0.05, 0.1) is 16.7 Å². The minimum atomic E-state index is 0. The molecule has 2 aromatic carbocycles. The van der Waals surface area contributed by atoms with Gasteiger partial charge in [-0.05, 0) is 19.1 Å². The Bertz CT molecular complexity index is 625. The maximum Gasteiger partial charge on any atom is 0.0730 e. The van der Waals surface area contributed by atoms with Gasteiger partial charge in [0.2, 0.25) is 0 Å². The lowest BCUT2D eigenvalue weighted by atomic mass is 10.1. The Morgan fingerprint density at radius 3 is 1.89 bits per heavy atom. The van der Waals surface area contributed by atoms with Crippen molar-refractivity contribution in [1.29, 1.82) is 0 Å². The van der Waals surface area contributed by atoms with E-state index < -0.39 is 0 Å². The average molecular weight is 259 g/mol. The van der Waals surface area contributed by atoms with Gasteiger partial charge in [-0.25, -0.2) is 4.98 Å². The first-order valence-electron chi connectivity index (χ1n) is 5.91. The van der Waals surface area contributed by atoms with Crippen molar-refractivity contribution in [2.75, 3.05) is 11.9 Å². The van der Waals surface area contributed by atoms with Crippen molar-refractivity contribution in [3.63, 3.8) is 0 Å². The van der Waals surface area contributed by atoms with Crippen molar-refractivity contribution < 1.29 is 0 Å². The number of halogens is 1. The van der Waals surface area contributed by atoms with Gasteiger partial charge in [0.1, 0.15) is 0 Å². The van der Waals surface area contributed by atoms with Crippen LogP contribution in [0.1, 0.15) is 6.92 Å². The fourth-order valence-corrected chi connectivity index (χ4v) is 2.21. The number of pyridine rings is 1. The lowest BCUT2D eigenvalue weighted by molar-refractivity contribution is 1.22. The van der Waals surface area contributed by atoms with Gasteiger partial charge in [0.25, 0.3) is 0 Å². The number of para-hydroxylation sites is 2. The Hall–Kier alpha value is -1.80. The summed E-state index contributed by atoms with van der Waals surface area (Å²) in [6.45, 7) is 3.03. The second-order valence-electron chi connectivity index (χ2n) is 4.05. The maximum absolute atomic E-state index is 4.68. The van der Waals surface area contributed by atoms with Crippen LogP contribution in [0.2, 0.25) is 0 Å². The molecule has 0 spiro atoms. The van der Waals surface area contributed by atoms with E-state index in [2.05, 4.69) is 53.6 Å². The summed E-state index contributed by atoms with van der Waals surface area (Å²) in [5.41, 5.74) is 3.28. The molecule has 3 rings (SSSR count). The monoisotopic (exact) mass is 258 g/mol. The van der Waals surface area contributed by atoms with Crippen molar-refractivity contribution in [2.45, 2.75) is 6.92 Å². The van der Waals surface area contributed by atoms with Gasteiger partial charge in [0.15, 0.2) is 0 Å². The highest BCUT2D eigenvalue weighted by molar-refractivity contribution is 6.07. The molecule has 2 nitrogen and oxygen atoms in total. The SMILES string of the molecule is CCNc1c2ccccc2nc2ccccc12.Cl. The highest BCUT2D eigenvalue weighted by Gasteiger charge is 2.06. The minimum Gasteiger partial charge on any atom is -0.384 e. The molecule has 0 saturated heterocycles. The Labute approximate surface area is 112 Å². The van der Waals surface area contributed by atoms with E-state index in [9.17, 15) is 0 Å². The molecule has 0 amide bonds. The summed E-state index contributed by atoms with van der Waals surface area (Å²) in [4.78, 5) is 4.68. The summed E-state index contributed by atoms with van der Waals surface area (Å²) < 4.78 is 0. The van der Waals surface area contributed by atoms with Gasteiger partial charge in [0, 0.05) is 17.3 Å². The molecular formula is C15H15ClN2. The van der Waals surface area contributed by atoms with Gasteiger partial charge in [-0.2, -0.15) is 0 Å². The number of aromatic nitrogens is 1. The van der Waals surface area contributed by atoms with E-state index in [-0.39, 0.29) is 12.4 Å². The molecule has 92 valence electrons. The van der Waals surface area contributed by atoms with Crippen LogP contribution in [-0.2, 0) is 0 Å². The van der Waals surface area contributed by atoms with Crippen LogP contribution >= 0.6 is 12.4 Å². The zero-order valence-corrected chi connectivity index (χ0v) is 11.0. The fraction of sp³-hybridized carbons (Fsp3) is 0.133.